The number of amides is 2. The number of nitrogens with one attached hydrogen (secondary N) is 2. The van der Waals surface area contributed by atoms with Crippen molar-refractivity contribution >= 4 is 27.8 Å². The van der Waals surface area contributed by atoms with Gasteiger partial charge in [0, 0.05) is 10.7 Å². The van der Waals surface area contributed by atoms with E-state index in [1.54, 1.807) is 12.3 Å². The summed E-state index contributed by atoms with van der Waals surface area (Å²) >= 11 is 3.37. The molecule has 2 amide bonds. The van der Waals surface area contributed by atoms with E-state index in [0.29, 0.717) is 5.82 Å². The van der Waals surface area contributed by atoms with Crippen LogP contribution in [0.2, 0.25) is 0 Å². The van der Waals surface area contributed by atoms with Crippen molar-refractivity contribution in [1.82, 2.24) is 15.3 Å². The van der Waals surface area contributed by atoms with E-state index in [0.717, 1.165) is 15.9 Å². The van der Waals surface area contributed by atoms with Gasteiger partial charge in [0.1, 0.15) is 5.82 Å². The molecule has 0 saturated carbocycles. The molecule has 1 unspecified atom stereocenters. The van der Waals surface area contributed by atoms with Gasteiger partial charge in [0.25, 0.3) is 0 Å². The average Bonchev–Trinajstić information content (AvgIpc) is 2.44. The van der Waals surface area contributed by atoms with E-state index in [9.17, 15) is 4.79 Å². The number of carbonyl (C=O) groups excluding carboxylic acids is 1. The molecule has 0 spiro atoms. The van der Waals surface area contributed by atoms with E-state index in [1.807, 2.05) is 38.1 Å². The molecule has 0 aliphatic carbocycles. The Bertz CT molecular complexity index is 603. The van der Waals surface area contributed by atoms with Crippen LogP contribution >= 0.6 is 15.9 Å². The number of hydrogen-bond acceptors (Lipinski definition) is 3. The van der Waals surface area contributed by atoms with E-state index in [2.05, 4.69) is 36.5 Å². The van der Waals surface area contributed by atoms with Crippen LogP contribution in [0.1, 0.15) is 24.4 Å². The molecular formula is C14H15BrN4O. The lowest BCUT2D eigenvalue weighted by molar-refractivity contribution is 0.249. The first kappa shape index (κ1) is 14.5. The standard InChI is InChI=1S/C14H15BrN4O/c1-9-11(15)6-7-13(17-9)19-14(20)18-10(2)12-5-3-4-8-16-12/h3-8,10H,1-2H3,(H2,17,18,19,20). The van der Waals surface area contributed by atoms with Gasteiger partial charge in [-0.1, -0.05) is 6.07 Å². The van der Waals surface area contributed by atoms with Crippen LogP contribution in [0.3, 0.4) is 0 Å². The largest absolute Gasteiger partial charge is 0.330 e. The fourth-order valence-corrected chi connectivity index (χ4v) is 1.89. The molecule has 0 aliphatic heterocycles. The lowest BCUT2D eigenvalue weighted by atomic mass is 10.2. The van der Waals surface area contributed by atoms with Gasteiger partial charge in [-0.3, -0.25) is 10.3 Å². The third kappa shape index (κ3) is 3.77. The van der Waals surface area contributed by atoms with Crippen LogP contribution < -0.4 is 10.6 Å². The quantitative estimate of drug-likeness (QED) is 0.903. The molecule has 0 bridgehead atoms. The zero-order chi connectivity index (χ0) is 14.5. The van der Waals surface area contributed by atoms with E-state index < -0.39 is 0 Å². The van der Waals surface area contributed by atoms with Crippen LogP contribution in [0.15, 0.2) is 41.0 Å². The molecule has 0 radical (unpaired) electrons. The normalized spacial score (nSPS) is 11.8. The highest BCUT2D eigenvalue weighted by atomic mass is 79.9. The van der Waals surface area contributed by atoms with Crippen molar-refractivity contribution in [2.24, 2.45) is 0 Å². The third-order valence-electron chi connectivity index (χ3n) is 2.74. The zero-order valence-electron chi connectivity index (χ0n) is 11.2. The number of halogens is 1. The van der Waals surface area contributed by atoms with Gasteiger partial charge in [0.15, 0.2) is 0 Å². The Balaban J connectivity index is 1.97. The zero-order valence-corrected chi connectivity index (χ0v) is 12.8. The second-order valence-corrected chi connectivity index (χ2v) is 5.19. The molecule has 1 atom stereocenters. The summed E-state index contributed by atoms with van der Waals surface area (Å²) in [5.41, 5.74) is 1.63. The average molecular weight is 335 g/mol. The Morgan fingerprint density at radius 2 is 2.10 bits per heavy atom. The van der Waals surface area contributed by atoms with Crippen LogP contribution in [-0.2, 0) is 0 Å². The van der Waals surface area contributed by atoms with Crippen LogP contribution in [0.4, 0.5) is 10.6 Å². The minimum atomic E-state index is -0.308. The van der Waals surface area contributed by atoms with E-state index in [4.69, 9.17) is 0 Å². The van der Waals surface area contributed by atoms with Crippen molar-refractivity contribution in [3.63, 3.8) is 0 Å². The summed E-state index contributed by atoms with van der Waals surface area (Å²) in [5, 5.41) is 5.52. The number of hydrogen-bond donors (Lipinski definition) is 2. The summed E-state index contributed by atoms with van der Waals surface area (Å²) in [6.07, 6.45) is 1.70. The molecule has 104 valence electrons. The summed E-state index contributed by atoms with van der Waals surface area (Å²) in [6.45, 7) is 3.74. The molecule has 2 aromatic heterocycles. The lowest BCUT2D eigenvalue weighted by Gasteiger charge is -2.14. The highest BCUT2D eigenvalue weighted by molar-refractivity contribution is 9.10. The molecule has 0 aromatic carbocycles. The van der Waals surface area contributed by atoms with Gasteiger partial charge in [-0.15, -0.1) is 0 Å². The number of urea groups is 1. The number of nitrogens with zero attached hydrogens (tertiary/aromatic N) is 2. The monoisotopic (exact) mass is 334 g/mol. The Hall–Kier alpha value is -1.95. The topological polar surface area (TPSA) is 66.9 Å². The molecule has 2 rings (SSSR count). The van der Waals surface area contributed by atoms with Crippen molar-refractivity contribution in [2.75, 3.05) is 5.32 Å². The lowest BCUT2D eigenvalue weighted by Crippen LogP contribution is -2.31. The number of carbonyl (C=O) groups is 1. The molecule has 0 fully saturated rings. The van der Waals surface area contributed by atoms with Gasteiger partial charge >= 0.3 is 6.03 Å². The minimum Gasteiger partial charge on any atom is -0.330 e. The highest BCUT2D eigenvalue weighted by Crippen LogP contribution is 2.16. The van der Waals surface area contributed by atoms with Gasteiger partial charge < -0.3 is 5.32 Å². The van der Waals surface area contributed by atoms with Gasteiger partial charge in [0.2, 0.25) is 0 Å². The maximum atomic E-state index is 11.9. The predicted octanol–water partition coefficient (Wildman–Crippen LogP) is 3.43. The smallest absolute Gasteiger partial charge is 0.320 e. The van der Waals surface area contributed by atoms with Gasteiger partial charge in [-0.2, -0.15) is 0 Å². The van der Waals surface area contributed by atoms with Gasteiger partial charge in [-0.25, -0.2) is 9.78 Å². The van der Waals surface area contributed by atoms with Crippen molar-refractivity contribution in [2.45, 2.75) is 19.9 Å². The van der Waals surface area contributed by atoms with Crippen LogP contribution in [0.5, 0.6) is 0 Å². The molecule has 0 aliphatic rings. The number of aromatic nitrogens is 2. The molecule has 2 N–H and O–H groups in total. The van der Waals surface area contributed by atoms with E-state index >= 15 is 0 Å². The number of pyridine rings is 2. The SMILES string of the molecule is Cc1nc(NC(=O)NC(C)c2ccccn2)ccc1Br. The van der Waals surface area contributed by atoms with E-state index in [-0.39, 0.29) is 12.1 Å². The van der Waals surface area contributed by atoms with Crippen molar-refractivity contribution in [3.8, 4) is 0 Å². The number of rotatable bonds is 3. The molecule has 20 heavy (non-hydrogen) atoms. The van der Waals surface area contributed by atoms with Crippen LogP contribution in [0.25, 0.3) is 0 Å². The molecule has 5 nitrogen and oxygen atoms in total. The Morgan fingerprint density at radius 3 is 2.75 bits per heavy atom. The van der Waals surface area contributed by atoms with Crippen LogP contribution in [-0.4, -0.2) is 16.0 Å². The fraction of sp³-hybridized carbons (Fsp3) is 0.214. The Morgan fingerprint density at radius 1 is 1.30 bits per heavy atom. The summed E-state index contributed by atoms with van der Waals surface area (Å²) in [4.78, 5) is 20.3. The molecule has 6 heteroatoms. The molecular weight excluding hydrogens is 320 g/mol. The third-order valence-corrected chi connectivity index (χ3v) is 3.58. The van der Waals surface area contributed by atoms with Gasteiger partial charge in [-0.05, 0) is 54.0 Å². The summed E-state index contributed by atoms with van der Waals surface area (Å²) in [7, 11) is 0. The number of aryl methyl sites for hydroxylation is 1. The van der Waals surface area contributed by atoms with Crippen molar-refractivity contribution in [3.05, 3.63) is 52.4 Å². The van der Waals surface area contributed by atoms with Crippen molar-refractivity contribution in [1.29, 1.82) is 0 Å². The van der Waals surface area contributed by atoms with Crippen LogP contribution in [0, 0.1) is 6.92 Å². The Kier molecular flexibility index (Phi) is 4.68. The second kappa shape index (κ2) is 6.47. The summed E-state index contributed by atoms with van der Waals surface area (Å²) < 4.78 is 0.908. The van der Waals surface area contributed by atoms with Crippen molar-refractivity contribution < 1.29 is 4.79 Å². The second-order valence-electron chi connectivity index (χ2n) is 4.34. The first-order valence-electron chi connectivity index (χ1n) is 6.18. The predicted molar refractivity (Wildman–Crippen MR) is 81.5 cm³/mol. The molecule has 2 aromatic rings. The highest BCUT2D eigenvalue weighted by Gasteiger charge is 2.11. The molecule has 2 heterocycles. The maximum Gasteiger partial charge on any atom is 0.320 e. The maximum absolute atomic E-state index is 11.9. The fourth-order valence-electron chi connectivity index (χ4n) is 1.67. The first-order valence-corrected chi connectivity index (χ1v) is 6.97. The number of anilines is 1. The first-order chi connectivity index (χ1) is 9.56. The van der Waals surface area contributed by atoms with Gasteiger partial charge in [0.05, 0.1) is 17.4 Å². The summed E-state index contributed by atoms with van der Waals surface area (Å²) in [5.74, 6) is 0.511. The Labute approximate surface area is 126 Å². The van der Waals surface area contributed by atoms with E-state index in [1.165, 1.54) is 0 Å². The summed E-state index contributed by atoms with van der Waals surface area (Å²) in [6, 6.07) is 8.70. The minimum absolute atomic E-state index is 0.173. The molecule has 0 saturated heterocycles.